The Hall–Kier alpha value is -0.920. The molecule has 0 spiro atoms. The van der Waals surface area contributed by atoms with Crippen LogP contribution in [-0.4, -0.2) is 28.2 Å². The Kier molecular flexibility index (Phi) is 6.16. The number of hydrogen-bond donors (Lipinski definition) is 0. The highest BCUT2D eigenvalue weighted by Crippen LogP contribution is 2.30. The standard InChI is InChI=1S/C12H15ClF2O4S/c1-8(2)7-18-3-4-19-12-10(15)5-9(14)6-11(12)20(13,16)17/h5-6,8H,3-4,7H2,1-2H3. The van der Waals surface area contributed by atoms with Gasteiger partial charge in [-0.3, -0.25) is 0 Å². The molecule has 0 atom stereocenters. The van der Waals surface area contributed by atoms with Gasteiger partial charge in [-0.15, -0.1) is 0 Å². The molecular formula is C12H15ClF2O4S. The lowest BCUT2D eigenvalue weighted by molar-refractivity contribution is 0.0798. The summed E-state index contributed by atoms with van der Waals surface area (Å²) >= 11 is 0. The molecule has 20 heavy (non-hydrogen) atoms. The molecule has 1 aromatic carbocycles. The summed E-state index contributed by atoms with van der Waals surface area (Å²) in [5.41, 5.74) is 0. The fraction of sp³-hybridized carbons (Fsp3) is 0.500. The molecule has 4 nitrogen and oxygen atoms in total. The van der Waals surface area contributed by atoms with E-state index in [1.807, 2.05) is 13.8 Å². The van der Waals surface area contributed by atoms with Crippen molar-refractivity contribution in [2.45, 2.75) is 18.7 Å². The van der Waals surface area contributed by atoms with Crippen LogP contribution in [0.3, 0.4) is 0 Å². The van der Waals surface area contributed by atoms with Gasteiger partial charge in [0.1, 0.15) is 17.3 Å². The summed E-state index contributed by atoms with van der Waals surface area (Å²) in [6, 6.07) is 1.13. The van der Waals surface area contributed by atoms with Crippen molar-refractivity contribution in [1.29, 1.82) is 0 Å². The van der Waals surface area contributed by atoms with Crippen molar-refractivity contribution in [2.75, 3.05) is 19.8 Å². The minimum atomic E-state index is -4.31. The first kappa shape index (κ1) is 17.1. The molecule has 0 saturated carbocycles. The van der Waals surface area contributed by atoms with Gasteiger partial charge >= 0.3 is 0 Å². The van der Waals surface area contributed by atoms with E-state index in [1.165, 1.54) is 0 Å². The number of hydrogen-bond acceptors (Lipinski definition) is 4. The Bertz CT molecular complexity index is 561. The fourth-order valence-electron chi connectivity index (χ4n) is 1.38. The quantitative estimate of drug-likeness (QED) is 0.570. The maximum atomic E-state index is 13.5. The van der Waals surface area contributed by atoms with Crippen LogP contribution in [0.1, 0.15) is 13.8 Å². The molecule has 0 aromatic heterocycles. The molecule has 0 fully saturated rings. The predicted molar refractivity (Wildman–Crippen MR) is 70.5 cm³/mol. The molecule has 0 aliphatic carbocycles. The predicted octanol–water partition coefficient (Wildman–Crippen LogP) is 2.94. The van der Waals surface area contributed by atoms with Gasteiger partial charge < -0.3 is 9.47 Å². The zero-order chi connectivity index (χ0) is 15.3. The molecule has 0 aliphatic rings. The van der Waals surface area contributed by atoms with Crippen LogP contribution >= 0.6 is 10.7 Å². The molecule has 0 N–H and O–H groups in total. The van der Waals surface area contributed by atoms with E-state index in [1.54, 1.807) is 0 Å². The van der Waals surface area contributed by atoms with Crippen LogP contribution in [0.15, 0.2) is 17.0 Å². The van der Waals surface area contributed by atoms with Crippen molar-refractivity contribution in [3.63, 3.8) is 0 Å². The normalized spacial score (nSPS) is 11.9. The molecule has 114 valence electrons. The van der Waals surface area contributed by atoms with E-state index in [9.17, 15) is 17.2 Å². The lowest BCUT2D eigenvalue weighted by atomic mass is 10.2. The van der Waals surface area contributed by atoms with Gasteiger partial charge in [0, 0.05) is 23.4 Å². The maximum absolute atomic E-state index is 13.5. The lowest BCUT2D eigenvalue weighted by Crippen LogP contribution is -2.12. The largest absolute Gasteiger partial charge is 0.487 e. The van der Waals surface area contributed by atoms with Crippen LogP contribution in [-0.2, 0) is 13.8 Å². The molecule has 8 heteroatoms. The molecule has 0 saturated heterocycles. The topological polar surface area (TPSA) is 52.6 Å². The SMILES string of the molecule is CC(C)COCCOc1c(F)cc(F)cc1S(=O)(=O)Cl. The first-order chi connectivity index (χ1) is 9.21. The smallest absolute Gasteiger partial charge is 0.265 e. The number of rotatable bonds is 7. The van der Waals surface area contributed by atoms with E-state index in [-0.39, 0.29) is 13.2 Å². The number of halogens is 3. The summed E-state index contributed by atoms with van der Waals surface area (Å²) in [7, 11) is 0.809. The molecule has 0 radical (unpaired) electrons. The monoisotopic (exact) mass is 328 g/mol. The second-order valence-corrected chi connectivity index (χ2v) is 7.00. The average Bonchev–Trinajstić information content (AvgIpc) is 2.28. The van der Waals surface area contributed by atoms with Gasteiger partial charge in [-0.1, -0.05) is 13.8 Å². The second kappa shape index (κ2) is 7.19. The minimum absolute atomic E-state index is 0.0747. The van der Waals surface area contributed by atoms with E-state index in [0.29, 0.717) is 24.7 Å². The molecule has 0 bridgehead atoms. The van der Waals surface area contributed by atoms with Gasteiger partial charge in [-0.2, -0.15) is 0 Å². The molecule has 0 unspecified atom stereocenters. The Morgan fingerprint density at radius 2 is 1.90 bits per heavy atom. The summed E-state index contributed by atoms with van der Waals surface area (Å²) in [5, 5.41) is 0. The Balaban J connectivity index is 2.79. The fourth-order valence-corrected chi connectivity index (χ4v) is 2.35. The van der Waals surface area contributed by atoms with Crippen molar-refractivity contribution >= 4 is 19.7 Å². The van der Waals surface area contributed by atoms with Crippen molar-refractivity contribution < 1.29 is 26.7 Å². The van der Waals surface area contributed by atoms with Gasteiger partial charge in [0.15, 0.2) is 11.6 Å². The minimum Gasteiger partial charge on any atom is -0.487 e. The van der Waals surface area contributed by atoms with E-state index in [4.69, 9.17) is 20.2 Å². The summed E-state index contributed by atoms with van der Waals surface area (Å²) in [4.78, 5) is -0.736. The summed E-state index contributed by atoms with van der Waals surface area (Å²) in [6.07, 6.45) is 0. The summed E-state index contributed by atoms with van der Waals surface area (Å²) in [5.74, 6) is -2.45. The average molecular weight is 329 g/mol. The molecule has 0 aliphatic heterocycles. The van der Waals surface area contributed by atoms with Crippen LogP contribution in [0.5, 0.6) is 5.75 Å². The Labute approximate surface area is 121 Å². The van der Waals surface area contributed by atoms with Crippen LogP contribution in [0.25, 0.3) is 0 Å². The third kappa shape index (κ3) is 5.22. The molecule has 0 heterocycles. The first-order valence-electron chi connectivity index (χ1n) is 5.86. The van der Waals surface area contributed by atoms with Crippen molar-refractivity contribution in [1.82, 2.24) is 0 Å². The molecule has 1 aromatic rings. The molecule has 0 amide bonds. The van der Waals surface area contributed by atoms with E-state index < -0.39 is 31.3 Å². The summed E-state index contributed by atoms with van der Waals surface area (Å²) < 4.78 is 59.3. The van der Waals surface area contributed by atoms with Crippen molar-refractivity contribution in [3.8, 4) is 5.75 Å². The van der Waals surface area contributed by atoms with Crippen LogP contribution < -0.4 is 4.74 Å². The van der Waals surface area contributed by atoms with Gasteiger partial charge in [0.05, 0.1) is 6.61 Å². The van der Waals surface area contributed by atoms with Gasteiger partial charge in [0.25, 0.3) is 9.05 Å². The first-order valence-corrected chi connectivity index (χ1v) is 8.17. The lowest BCUT2D eigenvalue weighted by Gasteiger charge is -2.12. The third-order valence-electron chi connectivity index (χ3n) is 2.16. The zero-order valence-electron chi connectivity index (χ0n) is 11.0. The van der Waals surface area contributed by atoms with Crippen LogP contribution in [0, 0.1) is 17.6 Å². The van der Waals surface area contributed by atoms with Gasteiger partial charge in [-0.25, -0.2) is 17.2 Å². The zero-order valence-corrected chi connectivity index (χ0v) is 12.6. The van der Waals surface area contributed by atoms with Crippen LogP contribution in [0.2, 0.25) is 0 Å². The molecular weight excluding hydrogens is 314 g/mol. The van der Waals surface area contributed by atoms with E-state index >= 15 is 0 Å². The Morgan fingerprint density at radius 3 is 2.45 bits per heavy atom. The third-order valence-corrected chi connectivity index (χ3v) is 3.49. The maximum Gasteiger partial charge on any atom is 0.265 e. The van der Waals surface area contributed by atoms with E-state index in [0.717, 1.165) is 0 Å². The van der Waals surface area contributed by atoms with Crippen molar-refractivity contribution in [2.24, 2.45) is 5.92 Å². The molecule has 1 rings (SSSR count). The van der Waals surface area contributed by atoms with Gasteiger partial charge in [-0.05, 0) is 12.0 Å². The van der Waals surface area contributed by atoms with Crippen LogP contribution in [0.4, 0.5) is 8.78 Å². The van der Waals surface area contributed by atoms with Crippen molar-refractivity contribution in [3.05, 3.63) is 23.8 Å². The highest BCUT2D eigenvalue weighted by molar-refractivity contribution is 8.13. The van der Waals surface area contributed by atoms with E-state index in [2.05, 4.69) is 0 Å². The number of ether oxygens (including phenoxy) is 2. The number of benzene rings is 1. The highest BCUT2D eigenvalue weighted by Gasteiger charge is 2.22. The van der Waals surface area contributed by atoms with Gasteiger partial charge in [0.2, 0.25) is 0 Å². The second-order valence-electron chi connectivity index (χ2n) is 4.47. The highest BCUT2D eigenvalue weighted by atomic mass is 35.7. The Morgan fingerprint density at radius 1 is 1.25 bits per heavy atom. The summed E-state index contributed by atoms with van der Waals surface area (Å²) in [6.45, 7) is 4.48.